The van der Waals surface area contributed by atoms with Gasteiger partial charge in [-0.3, -0.25) is 4.79 Å². The first-order valence-electron chi connectivity index (χ1n) is 6.90. The van der Waals surface area contributed by atoms with Crippen molar-refractivity contribution < 1.29 is 19.4 Å². The standard InChI is InChI=1S/C17H18N2O4/c1-11-8-15(22-2)16(23-3)9-13(11)10-18-19-17(21)12-4-6-14(20)7-5-12/h4-10,20H,1-3H3,(H,19,21)/b18-10-. The molecule has 0 aliphatic heterocycles. The molecule has 0 unspecified atom stereocenters. The highest BCUT2D eigenvalue weighted by Crippen LogP contribution is 2.29. The zero-order chi connectivity index (χ0) is 16.8. The van der Waals surface area contributed by atoms with Crippen LogP contribution >= 0.6 is 0 Å². The van der Waals surface area contributed by atoms with E-state index >= 15 is 0 Å². The monoisotopic (exact) mass is 314 g/mol. The second kappa shape index (κ2) is 7.31. The quantitative estimate of drug-likeness (QED) is 0.656. The summed E-state index contributed by atoms with van der Waals surface area (Å²) in [5.74, 6) is 0.963. The van der Waals surface area contributed by atoms with Gasteiger partial charge in [0.05, 0.1) is 20.4 Å². The van der Waals surface area contributed by atoms with E-state index in [4.69, 9.17) is 9.47 Å². The number of aryl methyl sites for hydroxylation is 1. The summed E-state index contributed by atoms with van der Waals surface area (Å²) in [6.07, 6.45) is 1.54. The lowest BCUT2D eigenvalue weighted by Crippen LogP contribution is -2.17. The van der Waals surface area contributed by atoms with Crippen LogP contribution in [0.2, 0.25) is 0 Å². The maximum atomic E-state index is 11.9. The molecule has 0 saturated heterocycles. The molecule has 0 spiro atoms. The van der Waals surface area contributed by atoms with Gasteiger partial charge in [0.2, 0.25) is 0 Å². The largest absolute Gasteiger partial charge is 0.508 e. The van der Waals surface area contributed by atoms with Crippen LogP contribution < -0.4 is 14.9 Å². The van der Waals surface area contributed by atoms with Gasteiger partial charge in [0.1, 0.15) is 5.75 Å². The molecule has 2 aromatic carbocycles. The zero-order valence-electron chi connectivity index (χ0n) is 13.2. The average Bonchev–Trinajstić information content (AvgIpc) is 2.56. The SMILES string of the molecule is COc1cc(C)c(/C=N\NC(=O)c2ccc(O)cc2)cc1OC. The Morgan fingerprint density at radius 2 is 1.74 bits per heavy atom. The Hall–Kier alpha value is -3.02. The maximum absolute atomic E-state index is 11.9. The zero-order valence-corrected chi connectivity index (χ0v) is 13.2. The van der Waals surface area contributed by atoms with Crippen LogP contribution in [0.5, 0.6) is 17.2 Å². The topological polar surface area (TPSA) is 80.2 Å². The predicted molar refractivity (Wildman–Crippen MR) is 87.5 cm³/mol. The Bertz CT molecular complexity index is 724. The second-order valence-corrected chi connectivity index (χ2v) is 4.81. The number of nitrogens with zero attached hydrogens (tertiary/aromatic N) is 1. The fourth-order valence-corrected chi connectivity index (χ4v) is 1.97. The van der Waals surface area contributed by atoms with Gasteiger partial charge < -0.3 is 14.6 Å². The Balaban J connectivity index is 2.11. The summed E-state index contributed by atoms with van der Waals surface area (Å²) in [6, 6.07) is 9.53. The van der Waals surface area contributed by atoms with Gasteiger partial charge in [-0.15, -0.1) is 0 Å². The number of hydrazone groups is 1. The van der Waals surface area contributed by atoms with Crippen LogP contribution in [-0.4, -0.2) is 31.4 Å². The van der Waals surface area contributed by atoms with E-state index in [0.29, 0.717) is 17.1 Å². The number of nitrogens with one attached hydrogen (secondary N) is 1. The van der Waals surface area contributed by atoms with Gasteiger partial charge in [0, 0.05) is 11.1 Å². The minimum Gasteiger partial charge on any atom is -0.508 e. The van der Waals surface area contributed by atoms with E-state index in [1.807, 2.05) is 13.0 Å². The molecule has 1 amide bonds. The predicted octanol–water partition coefficient (Wildman–Crippen LogP) is 2.48. The summed E-state index contributed by atoms with van der Waals surface area (Å²) >= 11 is 0. The summed E-state index contributed by atoms with van der Waals surface area (Å²) < 4.78 is 10.5. The number of amides is 1. The smallest absolute Gasteiger partial charge is 0.271 e. The van der Waals surface area contributed by atoms with E-state index in [1.54, 1.807) is 20.3 Å². The molecule has 2 rings (SSSR count). The lowest BCUT2D eigenvalue weighted by molar-refractivity contribution is 0.0955. The number of carbonyl (C=O) groups is 1. The van der Waals surface area contributed by atoms with Crippen LogP contribution in [0.1, 0.15) is 21.5 Å². The Morgan fingerprint density at radius 1 is 1.13 bits per heavy atom. The van der Waals surface area contributed by atoms with Gasteiger partial charge in [-0.1, -0.05) is 0 Å². The van der Waals surface area contributed by atoms with Gasteiger partial charge in [-0.05, 0) is 48.9 Å². The minimum atomic E-state index is -0.362. The molecule has 0 atom stereocenters. The van der Waals surface area contributed by atoms with E-state index < -0.39 is 0 Å². The molecule has 0 saturated carbocycles. The molecule has 2 aromatic rings. The molecular weight excluding hydrogens is 296 g/mol. The van der Waals surface area contributed by atoms with E-state index in [-0.39, 0.29) is 11.7 Å². The highest BCUT2D eigenvalue weighted by molar-refractivity contribution is 5.95. The van der Waals surface area contributed by atoms with Gasteiger partial charge in [0.15, 0.2) is 11.5 Å². The number of methoxy groups -OCH3 is 2. The van der Waals surface area contributed by atoms with Crippen LogP contribution in [0.25, 0.3) is 0 Å². The van der Waals surface area contributed by atoms with Gasteiger partial charge >= 0.3 is 0 Å². The number of phenols is 1. The molecule has 0 heterocycles. The molecule has 23 heavy (non-hydrogen) atoms. The number of carbonyl (C=O) groups excluding carboxylic acids is 1. The van der Waals surface area contributed by atoms with Crippen molar-refractivity contribution in [2.45, 2.75) is 6.92 Å². The number of hydrogen-bond donors (Lipinski definition) is 2. The minimum absolute atomic E-state index is 0.103. The molecule has 0 aliphatic carbocycles. The summed E-state index contributed by atoms with van der Waals surface area (Å²) in [7, 11) is 3.13. The Labute approximate surface area is 134 Å². The van der Waals surface area contributed by atoms with Crippen molar-refractivity contribution >= 4 is 12.1 Å². The molecule has 0 aromatic heterocycles. The third kappa shape index (κ3) is 4.00. The van der Waals surface area contributed by atoms with Crippen LogP contribution in [0.15, 0.2) is 41.5 Å². The van der Waals surface area contributed by atoms with Crippen molar-refractivity contribution in [1.82, 2.24) is 5.43 Å². The van der Waals surface area contributed by atoms with Gasteiger partial charge in [-0.2, -0.15) is 5.10 Å². The van der Waals surface area contributed by atoms with Crippen LogP contribution in [0.4, 0.5) is 0 Å². The maximum Gasteiger partial charge on any atom is 0.271 e. The first-order chi connectivity index (χ1) is 11.0. The molecule has 0 fully saturated rings. The molecule has 0 radical (unpaired) electrons. The van der Waals surface area contributed by atoms with E-state index in [1.165, 1.54) is 30.5 Å². The molecule has 6 nitrogen and oxygen atoms in total. The number of rotatable bonds is 5. The highest BCUT2D eigenvalue weighted by Gasteiger charge is 2.07. The fraction of sp³-hybridized carbons (Fsp3) is 0.176. The summed E-state index contributed by atoms with van der Waals surface area (Å²) in [5.41, 5.74) is 4.58. The number of aromatic hydroxyl groups is 1. The summed E-state index contributed by atoms with van der Waals surface area (Å²) in [5, 5.41) is 13.2. The van der Waals surface area contributed by atoms with Gasteiger partial charge in [-0.25, -0.2) is 5.43 Å². The third-order valence-corrected chi connectivity index (χ3v) is 3.27. The number of phenolic OH excluding ortho intramolecular Hbond substituents is 1. The van der Waals surface area contributed by atoms with Crippen LogP contribution in [0, 0.1) is 6.92 Å². The Kier molecular flexibility index (Phi) is 5.19. The van der Waals surface area contributed by atoms with E-state index in [9.17, 15) is 9.90 Å². The molecule has 2 N–H and O–H groups in total. The Morgan fingerprint density at radius 3 is 2.35 bits per heavy atom. The highest BCUT2D eigenvalue weighted by atomic mass is 16.5. The first-order valence-corrected chi connectivity index (χ1v) is 6.90. The van der Waals surface area contributed by atoms with Crippen molar-refractivity contribution in [2.24, 2.45) is 5.10 Å². The lowest BCUT2D eigenvalue weighted by Gasteiger charge is -2.10. The van der Waals surface area contributed by atoms with E-state index in [0.717, 1.165) is 11.1 Å². The van der Waals surface area contributed by atoms with Crippen molar-refractivity contribution in [3.05, 3.63) is 53.1 Å². The van der Waals surface area contributed by atoms with Crippen molar-refractivity contribution in [1.29, 1.82) is 0 Å². The van der Waals surface area contributed by atoms with Gasteiger partial charge in [0.25, 0.3) is 5.91 Å². The molecule has 0 bridgehead atoms. The number of benzene rings is 2. The average molecular weight is 314 g/mol. The first kappa shape index (κ1) is 16.4. The van der Waals surface area contributed by atoms with Crippen molar-refractivity contribution in [3.63, 3.8) is 0 Å². The fourth-order valence-electron chi connectivity index (χ4n) is 1.97. The normalized spacial score (nSPS) is 10.6. The second-order valence-electron chi connectivity index (χ2n) is 4.81. The van der Waals surface area contributed by atoms with E-state index in [2.05, 4.69) is 10.5 Å². The number of ether oxygens (including phenoxy) is 2. The molecule has 120 valence electrons. The molecule has 6 heteroatoms. The third-order valence-electron chi connectivity index (χ3n) is 3.27. The van der Waals surface area contributed by atoms with Crippen molar-refractivity contribution in [3.8, 4) is 17.2 Å². The van der Waals surface area contributed by atoms with Crippen molar-refractivity contribution in [2.75, 3.05) is 14.2 Å². The molecular formula is C17H18N2O4. The summed E-state index contributed by atoms with van der Waals surface area (Å²) in [4.78, 5) is 11.9. The van der Waals surface area contributed by atoms with Crippen LogP contribution in [-0.2, 0) is 0 Å². The summed E-state index contributed by atoms with van der Waals surface area (Å²) in [6.45, 7) is 1.91. The van der Waals surface area contributed by atoms with Crippen LogP contribution in [0.3, 0.4) is 0 Å². The molecule has 0 aliphatic rings. The number of hydrogen-bond acceptors (Lipinski definition) is 5. The lowest BCUT2D eigenvalue weighted by atomic mass is 10.1.